The maximum atomic E-state index is 12.3. The zero-order chi connectivity index (χ0) is 41.2. The summed E-state index contributed by atoms with van der Waals surface area (Å²) in [7, 11) is 6.05. The second-order valence-corrected chi connectivity index (χ2v) is 15.2. The van der Waals surface area contributed by atoms with E-state index in [1.54, 1.807) is 13.8 Å². The molecule has 2 unspecified atom stereocenters. The highest BCUT2D eigenvalue weighted by Gasteiger charge is 2.33. The summed E-state index contributed by atoms with van der Waals surface area (Å²) >= 11 is 7.15. The van der Waals surface area contributed by atoms with Crippen LogP contribution in [0.4, 0.5) is 0 Å². The molecule has 4 aromatic rings. The number of amides is 2. The van der Waals surface area contributed by atoms with Gasteiger partial charge in [0.05, 0.1) is 36.4 Å². The molecular weight excluding hydrogens is 852 g/mol. The van der Waals surface area contributed by atoms with Crippen molar-refractivity contribution < 1.29 is 38.7 Å². The molecule has 302 valence electrons. The molecule has 0 aliphatic rings. The van der Waals surface area contributed by atoms with Crippen molar-refractivity contribution in [3.05, 3.63) is 90.9 Å². The van der Waals surface area contributed by atoms with Gasteiger partial charge in [0.1, 0.15) is 24.3 Å². The molecule has 0 spiro atoms. The summed E-state index contributed by atoms with van der Waals surface area (Å²) in [5.74, 6) is 0.652. The van der Waals surface area contributed by atoms with Gasteiger partial charge in [-0.2, -0.15) is 9.97 Å². The van der Waals surface area contributed by atoms with Crippen LogP contribution in [0.5, 0.6) is 23.5 Å². The van der Waals surface area contributed by atoms with E-state index in [4.69, 9.17) is 18.9 Å². The Hall–Kier alpha value is -4.32. The third-order valence-electron chi connectivity index (χ3n) is 9.69. The summed E-state index contributed by atoms with van der Waals surface area (Å²) < 4.78 is 24.7. The zero-order valence-corrected chi connectivity index (χ0v) is 36.0. The Morgan fingerprint density at radius 1 is 0.661 bits per heavy atom. The Morgan fingerprint density at radius 3 is 1.36 bits per heavy atom. The Morgan fingerprint density at radius 2 is 1.04 bits per heavy atom. The van der Waals surface area contributed by atoms with Crippen molar-refractivity contribution in [2.75, 3.05) is 41.5 Å². The fourth-order valence-corrected chi connectivity index (χ4v) is 6.86. The molecule has 2 aromatic heterocycles. The lowest BCUT2D eigenvalue weighted by Gasteiger charge is -2.27. The Bertz CT molecular complexity index is 1890. The van der Waals surface area contributed by atoms with Crippen LogP contribution in [0.1, 0.15) is 47.2 Å². The number of aliphatic hydroxyl groups excluding tert-OH is 2. The van der Waals surface area contributed by atoms with Crippen LogP contribution in [0.15, 0.2) is 57.5 Å². The Labute approximate surface area is 344 Å². The molecule has 0 aliphatic carbocycles. The topological polar surface area (TPSA) is 185 Å². The highest BCUT2D eigenvalue weighted by Crippen LogP contribution is 2.35. The van der Waals surface area contributed by atoms with Gasteiger partial charge < -0.3 is 39.8 Å². The minimum absolute atomic E-state index is 0.212. The highest BCUT2D eigenvalue weighted by molar-refractivity contribution is 9.10. The second-order valence-electron chi connectivity index (χ2n) is 13.5. The van der Waals surface area contributed by atoms with Crippen LogP contribution in [0.25, 0.3) is 11.1 Å². The molecule has 2 amide bonds. The molecule has 2 atom stereocenters. The minimum atomic E-state index is -1.19. The number of aromatic nitrogens is 2. The summed E-state index contributed by atoms with van der Waals surface area (Å²) in [6.07, 6.45) is 0. The Kier molecular flexibility index (Phi) is 15.6. The van der Waals surface area contributed by atoms with Crippen molar-refractivity contribution in [1.82, 2.24) is 31.2 Å². The van der Waals surface area contributed by atoms with E-state index in [0.29, 0.717) is 43.6 Å². The molecule has 0 radical (unpaired) electrons. The molecule has 0 saturated carbocycles. The first kappa shape index (κ1) is 44.4. The van der Waals surface area contributed by atoms with Gasteiger partial charge in [0.2, 0.25) is 35.3 Å². The van der Waals surface area contributed by atoms with E-state index >= 15 is 0 Å². The molecular formula is C40H50Br2N6O8. The average Bonchev–Trinajstić information content (AvgIpc) is 3.21. The number of carbonyl (C=O) groups excluding carboxylic acids is 2. The van der Waals surface area contributed by atoms with E-state index < -0.39 is 24.3 Å². The van der Waals surface area contributed by atoms with Crippen LogP contribution in [0, 0.1) is 13.8 Å². The van der Waals surface area contributed by atoms with Crippen molar-refractivity contribution in [3.8, 4) is 34.6 Å². The van der Waals surface area contributed by atoms with Gasteiger partial charge in [-0.15, -0.1) is 0 Å². The second kappa shape index (κ2) is 19.7. The number of nitrogens with zero attached hydrogens (tertiary/aromatic N) is 2. The number of hydrogen-bond acceptors (Lipinski definition) is 12. The van der Waals surface area contributed by atoms with Gasteiger partial charge in [0.25, 0.3) is 0 Å². The number of nitrogens with one attached hydrogen (secondary N) is 4. The van der Waals surface area contributed by atoms with E-state index in [9.17, 15) is 19.8 Å². The number of likely N-dealkylation sites (N-methyl/N-ethyl adjacent to an activating group) is 2. The van der Waals surface area contributed by atoms with Gasteiger partial charge in [-0.05, 0) is 105 Å². The zero-order valence-electron chi connectivity index (χ0n) is 32.9. The summed E-state index contributed by atoms with van der Waals surface area (Å²) in [5.41, 5.74) is 5.08. The number of benzene rings is 2. The number of methoxy groups -OCH3 is 2. The van der Waals surface area contributed by atoms with Gasteiger partial charge >= 0.3 is 0 Å². The molecule has 2 heterocycles. The van der Waals surface area contributed by atoms with Crippen LogP contribution >= 0.6 is 31.9 Å². The molecule has 0 fully saturated rings. The van der Waals surface area contributed by atoms with Crippen LogP contribution in [-0.4, -0.2) is 84.6 Å². The average molecular weight is 903 g/mol. The van der Waals surface area contributed by atoms with Gasteiger partial charge in [-0.25, -0.2) is 0 Å². The van der Waals surface area contributed by atoms with Gasteiger partial charge in [0, 0.05) is 38.3 Å². The normalized spacial score (nSPS) is 13.3. The highest BCUT2D eigenvalue weighted by atomic mass is 79.9. The van der Waals surface area contributed by atoms with E-state index in [1.165, 1.54) is 28.3 Å². The van der Waals surface area contributed by atoms with Gasteiger partial charge in [-0.3, -0.25) is 20.2 Å². The number of ether oxygens (including phenoxy) is 4. The first-order chi connectivity index (χ1) is 26.7. The smallest absolute Gasteiger partial charge is 0.242 e. The van der Waals surface area contributed by atoms with Crippen molar-refractivity contribution in [2.45, 2.75) is 65.1 Å². The van der Waals surface area contributed by atoms with Crippen LogP contribution < -0.4 is 40.2 Å². The van der Waals surface area contributed by atoms with Crippen LogP contribution in [-0.2, 0) is 35.9 Å². The van der Waals surface area contributed by atoms with E-state index in [0.717, 1.165) is 33.4 Å². The minimum Gasteiger partial charge on any atom is -0.481 e. The molecule has 0 bridgehead atoms. The molecule has 16 heteroatoms. The number of hydrogen-bond donors (Lipinski definition) is 6. The van der Waals surface area contributed by atoms with Crippen LogP contribution in [0.3, 0.4) is 0 Å². The summed E-state index contributed by atoms with van der Waals surface area (Å²) in [5, 5.41) is 31.0. The fourth-order valence-electron chi connectivity index (χ4n) is 5.90. The van der Waals surface area contributed by atoms with Crippen molar-refractivity contribution in [3.63, 3.8) is 0 Å². The lowest BCUT2D eigenvalue weighted by molar-refractivity contribution is -0.128. The fraction of sp³-hybridized carbons (Fsp3) is 0.400. The van der Waals surface area contributed by atoms with E-state index in [-0.39, 0.29) is 38.1 Å². The Balaban J connectivity index is 1.49. The van der Waals surface area contributed by atoms with Crippen molar-refractivity contribution >= 4 is 43.7 Å². The summed E-state index contributed by atoms with van der Waals surface area (Å²) in [4.78, 5) is 33.8. The first-order valence-corrected chi connectivity index (χ1v) is 19.3. The molecule has 0 aliphatic heterocycles. The third-order valence-corrected chi connectivity index (χ3v) is 10.8. The number of rotatable bonds is 19. The molecule has 4 rings (SSSR count). The quantitative estimate of drug-likeness (QED) is 0.0768. The number of carbonyl (C=O) groups is 2. The van der Waals surface area contributed by atoms with Gasteiger partial charge in [-0.1, -0.05) is 36.4 Å². The molecule has 56 heavy (non-hydrogen) atoms. The number of aliphatic hydroxyl groups is 2. The van der Waals surface area contributed by atoms with Crippen LogP contribution in [0.2, 0.25) is 0 Å². The summed E-state index contributed by atoms with van der Waals surface area (Å²) in [6, 6.07) is 15.8. The van der Waals surface area contributed by atoms with Crippen molar-refractivity contribution in [2.24, 2.45) is 0 Å². The number of halogens is 2. The summed E-state index contributed by atoms with van der Waals surface area (Å²) in [6.45, 7) is 7.46. The van der Waals surface area contributed by atoms with E-state index in [1.807, 2.05) is 36.4 Å². The SMILES string of the molecule is CNC(=O)C(C)(CO)NCc1cc(Br)c(OCc2cccc(-c3cccc(COc4nc(OC)c(CNC(C)(CO)C(=O)NC)cc4Br)c3C)c2C)nc1OC. The standard InChI is InChI=1S/C40H50Br2N6O8/c1-23-25(19-55-35-31(41)15-27(33(47-35)53-7)17-45-39(3,21-49)37(51)43-5)11-9-13-29(23)30-14-10-12-26(24(30)2)20-56-36-32(42)16-28(34(48-36)54-8)18-46-40(4,22-50)38(52)44-6/h9-16,45-46,49-50H,17-22H2,1-8H3,(H,43,51)(H,44,52). The van der Waals surface area contributed by atoms with Crippen molar-refractivity contribution in [1.29, 1.82) is 0 Å². The molecule has 14 nitrogen and oxygen atoms in total. The largest absolute Gasteiger partial charge is 0.481 e. The first-order valence-electron chi connectivity index (χ1n) is 17.7. The van der Waals surface area contributed by atoms with E-state index in [2.05, 4.69) is 89.1 Å². The lowest BCUT2D eigenvalue weighted by Crippen LogP contribution is -2.56. The maximum absolute atomic E-state index is 12.3. The monoisotopic (exact) mass is 900 g/mol. The van der Waals surface area contributed by atoms with Gasteiger partial charge in [0.15, 0.2) is 0 Å². The molecule has 6 N–H and O–H groups in total. The predicted molar refractivity (Wildman–Crippen MR) is 220 cm³/mol. The molecule has 2 aromatic carbocycles. The third kappa shape index (κ3) is 10.2. The predicted octanol–water partition coefficient (Wildman–Crippen LogP) is 4.63. The molecule has 0 saturated heterocycles. The lowest BCUT2D eigenvalue weighted by atomic mass is 9.92. The maximum Gasteiger partial charge on any atom is 0.242 e. The number of pyridine rings is 2.